The number of aromatic nitrogens is 1. The minimum Gasteiger partial charge on any atom is -0.465 e. The van der Waals surface area contributed by atoms with E-state index in [0.29, 0.717) is 16.7 Å². The van der Waals surface area contributed by atoms with Gasteiger partial charge < -0.3 is 9.30 Å². The Kier molecular flexibility index (Phi) is 4.09. The Morgan fingerprint density at radius 2 is 1.67 bits per heavy atom. The van der Waals surface area contributed by atoms with E-state index in [4.69, 9.17) is 4.74 Å². The molecular weight excluding hydrogens is 312 g/mol. The molecule has 0 bridgehead atoms. The number of carbonyl (C=O) groups excluding carboxylic acids is 1. The highest BCUT2D eigenvalue weighted by Crippen LogP contribution is 2.31. The van der Waals surface area contributed by atoms with Gasteiger partial charge in [0.2, 0.25) is 0 Å². The van der Waals surface area contributed by atoms with Gasteiger partial charge >= 0.3 is 5.97 Å². The average molecular weight is 329 g/mol. The zero-order chi connectivity index (χ0) is 17.4. The van der Waals surface area contributed by atoms with Crippen LogP contribution in [-0.2, 0) is 4.74 Å². The number of rotatable bonds is 3. The first-order valence-electron chi connectivity index (χ1n) is 7.60. The highest BCUT2D eigenvalue weighted by molar-refractivity contribution is 6.06. The molecule has 0 aliphatic heterocycles. The number of esters is 1. The van der Waals surface area contributed by atoms with Crippen molar-refractivity contribution in [3.8, 4) is 11.1 Å². The summed E-state index contributed by atoms with van der Waals surface area (Å²) in [6.07, 6.45) is 1.89. The summed E-state index contributed by atoms with van der Waals surface area (Å²) in [5.41, 5.74) is 2.11. The zero-order valence-electron chi connectivity index (χ0n) is 13.6. The fourth-order valence-corrected chi connectivity index (χ4v) is 2.88. The Balaban J connectivity index is 2.32. The fraction of sp³-hybridized carbons (Fsp3) is 0.211. The van der Waals surface area contributed by atoms with Gasteiger partial charge in [-0.1, -0.05) is 0 Å². The van der Waals surface area contributed by atoms with Crippen molar-refractivity contribution in [3.05, 3.63) is 59.8 Å². The molecule has 0 spiro atoms. The normalized spacial score (nSPS) is 11.2. The number of hydrogen-bond acceptors (Lipinski definition) is 2. The molecular formula is C19H17F2NO2. The zero-order valence-corrected chi connectivity index (χ0v) is 13.6. The van der Waals surface area contributed by atoms with Crippen molar-refractivity contribution in [1.29, 1.82) is 0 Å². The maximum atomic E-state index is 13.6. The number of carbonyl (C=O) groups is 1. The van der Waals surface area contributed by atoms with Crippen LogP contribution < -0.4 is 0 Å². The van der Waals surface area contributed by atoms with E-state index in [0.717, 1.165) is 17.0 Å². The molecule has 24 heavy (non-hydrogen) atoms. The summed E-state index contributed by atoms with van der Waals surface area (Å²) >= 11 is 0. The van der Waals surface area contributed by atoms with E-state index >= 15 is 0 Å². The second kappa shape index (κ2) is 6.07. The van der Waals surface area contributed by atoms with Crippen LogP contribution in [0.3, 0.4) is 0 Å². The first kappa shape index (κ1) is 16.2. The van der Waals surface area contributed by atoms with Crippen molar-refractivity contribution in [2.45, 2.75) is 19.9 Å². The van der Waals surface area contributed by atoms with E-state index < -0.39 is 17.6 Å². The van der Waals surface area contributed by atoms with Gasteiger partial charge in [-0.2, -0.15) is 0 Å². The second-order valence-electron chi connectivity index (χ2n) is 5.92. The molecule has 0 radical (unpaired) electrons. The SMILES string of the molecule is COC(=O)c1cc(-c2cc(F)cc(F)c2)cc2c1ccn2C(C)C. The Morgan fingerprint density at radius 3 is 2.25 bits per heavy atom. The van der Waals surface area contributed by atoms with Gasteiger partial charge in [0.05, 0.1) is 12.7 Å². The molecule has 124 valence electrons. The van der Waals surface area contributed by atoms with Crippen molar-refractivity contribution in [2.24, 2.45) is 0 Å². The molecule has 5 heteroatoms. The van der Waals surface area contributed by atoms with Crippen LogP contribution in [-0.4, -0.2) is 17.6 Å². The monoisotopic (exact) mass is 329 g/mol. The van der Waals surface area contributed by atoms with Crippen molar-refractivity contribution < 1.29 is 18.3 Å². The highest BCUT2D eigenvalue weighted by atomic mass is 19.1. The van der Waals surface area contributed by atoms with E-state index in [9.17, 15) is 13.6 Å². The minimum absolute atomic E-state index is 0.174. The van der Waals surface area contributed by atoms with Crippen LogP contribution in [0.25, 0.3) is 22.0 Å². The van der Waals surface area contributed by atoms with E-state index in [-0.39, 0.29) is 6.04 Å². The lowest BCUT2D eigenvalue weighted by Gasteiger charge is -2.12. The smallest absolute Gasteiger partial charge is 0.338 e. The largest absolute Gasteiger partial charge is 0.465 e. The van der Waals surface area contributed by atoms with E-state index in [1.54, 1.807) is 6.07 Å². The Labute approximate surface area is 138 Å². The van der Waals surface area contributed by atoms with Crippen LogP contribution in [0.2, 0.25) is 0 Å². The van der Waals surface area contributed by atoms with E-state index in [1.807, 2.05) is 36.7 Å². The topological polar surface area (TPSA) is 31.2 Å². The maximum Gasteiger partial charge on any atom is 0.338 e. The van der Waals surface area contributed by atoms with Gasteiger partial charge in [-0.3, -0.25) is 0 Å². The molecule has 0 saturated carbocycles. The third-order valence-electron chi connectivity index (χ3n) is 4.00. The molecule has 1 heterocycles. The molecule has 3 aromatic rings. The summed E-state index contributed by atoms with van der Waals surface area (Å²) in [5.74, 6) is -1.81. The molecule has 0 amide bonds. The Morgan fingerprint density at radius 1 is 1.04 bits per heavy atom. The molecule has 2 aromatic carbocycles. The molecule has 0 aliphatic rings. The first-order valence-corrected chi connectivity index (χ1v) is 7.60. The van der Waals surface area contributed by atoms with Crippen LogP contribution in [0.5, 0.6) is 0 Å². The lowest BCUT2D eigenvalue weighted by atomic mass is 9.99. The van der Waals surface area contributed by atoms with Gasteiger partial charge in [0.1, 0.15) is 11.6 Å². The average Bonchev–Trinajstić information content (AvgIpc) is 2.96. The maximum absolute atomic E-state index is 13.6. The molecule has 3 rings (SSSR count). The molecule has 0 saturated heterocycles. The fourth-order valence-electron chi connectivity index (χ4n) is 2.88. The van der Waals surface area contributed by atoms with Gasteiger partial charge in [0.15, 0.2) is 0 Å². The van der Waals surface area contributed by atoms with Gasteiger partial charge in [-0.25, -0.2) is 13.6 Å². The number of benzene rings is 2. The van der Waals surface area contributed by atoms with E-state index in [2.05, 4.69) is 0 Å². The van der Waals surface area contributed by atoms with Crippen LogP contribution >= 0.6 is 0 Å². The predicted octanol–water partition coefficient (Wildman–Crippen LogP) is 4.95. The molecule has 0 N–H and O–H groups in total. The Hall–Kier alpha value is -2.69. The van der Waals surface area contributed by atoms with Crippen molar-refractivity contribution >= 4 is 16.9 Å². The predicted molar refractivity (Wildman–Crippen MR) is 89.0 cm³/mol. The van der Waals surface area contributed by atoms with Crippen LogP contribution in [0.4, 0.5) is 8.78 Å². The van der Waals surface area contributed by atoms with Crippen molar-refractivity contribution in [3.63, 3.8) is 0 Å². The van der Waals surface area contributed by atoms with Gasteiger partial charge in [-0.05, 0) is 55.3 Å². The third-order valence-corrected chi connectivity index (χ3v) is 4.00. The molecule has 0 fully saturated rings. The summed E-state index contributed by atoms with van der Waals surface area (Å²) in [6.45, 7) is 4.04. The lowest BCUT2D eigenvalue weighted by molar-refractivity contribution is 0.0603. The number of fused-ring (bicyclic) bond motifs is 1. The summed E-state index contributed by atoms with van der Waals surface area (Å²) in [5, 5.41) is 0.746. The highest BCUT2D eigenvalue weighted by Gasteiger charge is 2.17. The third kappa shape index (κ3) is 2.77. The van der Waals surface area contributed by atoms with Gasteiger partial charge in [0, 0.05) is 29.2 Å². The van der Waals surface area contributed by atoms with Crippen molar-refractivity contribution in [2.75, 3.05) is 7.11 Å². The van der Waals surface area contributed by atoms with Crippen LogP contribution in [0.1, 0.15) is 30.2 Å². The van der Waals surface area contributed by atoms with Crippen molar-refractivity contribution in [1.82, 2.24) is 4.57 Å². The summed E-state index contributed by atoms with van der Waals surface area (Å²) < 4.78 is 34.0. The number of hydrogen-bond donors (Lipinski definition) is 0. The van der Waals surface area contributed by atoms with Gasteiger partial charge in [-0.15, -0.1) is 0 Å². The van der Waals surface area contributed by atoms with Crippen LogP contribution in [0, 0.1) is 11.6 Å². The number of halogens is 2. The number of nitrogens with zero attached hydrogens (tertiary/aromatic N) is 1. The summed E-state index contributed by atoms with van der Waals surface area (Å²) in [6, 6.07) is 8.76. The molecule has 0 atom stereocenters. The lowest BCUT2D eigenvalue weighted by Crippen LogP contribution is -2.04. The number of ether oxygens (including phenoxy) is 1. The molecule has 1 aromatic heterocycles. The summed E-state index contributed by atoms with van der Waals surface area (Å²) in [4.78, 5) is 12.1. The minimum atomic E-state index is -0.663. The quantitative estimate of drug-likeness (QED) is 0.636. The van der Waals surface area contributed by atoms with Gasteiger partial charge in [0.25, 0.3) is 0 Å². The summed E-state index contributed by atoms with van der Waals surface area (Å²) in [7, 11) is 1.31. The second-order valence-corrected chi connectivity index (χ2v) is 5.92. The molecule has 0 unspecified atom stereocenters. The molecule has 3 nitrogen and oxygen atoms in total. The molecule has 0 aliphatic carbocycles. The standard InChI is InChI=1S/C19H17F2NO2/c1-11(2)22-5-4-16-17(19(23)24-3)8-13(9-18(16)22)12-6-14(20)10-15(21)7-12/h4-11H,1-3H3. The first-order chi connectivity index (χ1) is 11.4. The van der Waals surface area contributed by atoms with Crippen LogP contribution in [0.15, 0.2) is 42.6 Å². The Bertz CT molecular complexity index is 908. The van der Waals surface area contributed by atoms with E-state index in [1.165, 1.54) is 19.2 Å². The number of methoxy groups -OCH3 is 1.